The standard InChI is InChI=1S/C15H8BrClF2N2/c1-7-5-8(16)6-9-13(7)20-15(21-14(9)17)12-10(18)3-2-4-11(12)19/h2-6H,1H3. The Bertz CT molecular complexity index is 848. The number of rotatable bonds is 1. The van der Waals surface area contributed by atoms with Crippen molar-refractivity contribution in [1.82, 2.24) is 9.97 Å². The SMILES string of the molecule is Cc1cc(Br)cc2c(Cl)nc(-c3c(F)cccc3F)nc12. The molecule has 0 spiro atoms. The maximum absolute atomic E-state index is 13.9. The summed E-state index contributed by atoms with van der Waals surface area (Å²) in [6.07, 6.45) is 0. The third kappa shape index (κ3) is 2.51. The van der Waals surface area contributed by atoms with E-state index >= 15 is 0 Å². The van der Waals surface area contributed by atoms with E-state index in [2.05, 4.69) is 25.9 Å². The Morgan fingerprint density at radius 3 is 2.43 bits per heavy atom. The van der Waals surface area contributed by atoms with Gasteiger partial charge < -0.3 is 0 Å². The highest BCUT2D eigenvalue weighted by Gasteiger charge is 2.17. The van der Waals surface area contributed by atoms with Crippen molar-refractivity contribution in [1.29, 1.82) is 0 Å². The molecule has 106 valence electrons. The summed E-state index contributed by atoms with van der Waals surface area (Å²) >= 11 is 9.51. The lowest BCUT2D eigenvalue weighted by molar-refractivity contribution is 0.587. The Hall–Kier alpha value is -1.59. The van der Waals surface area contributed by atoms with Gasteiger partial charge in [0, 0.05) is 9.86 Å². The van der Waals surface area contributed by atoms with Gasteiger partial charge >= 0.3 is 0 Å². The second-order valence-corrected chi connectivity index (χ2v) is 5.83. The van der Waals surface area contributed by atoms with Crippen molar-refractivity contribution in [3.05, 3.63) is 57.2 Å². The van der Waals surface area contributed by atoms with Gasteiger partial charge in [0.05, 0.1) is 11.1 Å². The van der Waals surface area contributed by atoms with Gasteiger partial charge in [-0.25, -0.2) is 18.7 Å². The number of aromatic nitrogens is 2. The van der Waals surface area contributed by atoms with Crippen LogP contribution in [0.1, 0.15) is 5.56 Å². The molecule has 1 heterocycles. The Morgan fingerprint density at radius 2 is 1.76 bits per heavy atom. The molecule has 0 bridgehead atoms. The molecule has 2 nitrogen and oxygen atoms in total. The van der Waals surface area contributed by atoms with Crippen molar-refractivity contribution < 1.29 is 8.78 Å². The molecule has 1 aromatic heterocycles. The fraction of sp³-hybridized carbons (Fsp3) is 0.0667. The zero-order valence-corrected chi connectivity index (χ0v) is 13.1. The Morgan fingerprint density at radius 1 is 1.10 bits per heavy atom. The minimum Gasteiger partial charge on any atom is -0.227 e. The monoisotopic (exact) mass is 368 g/mol. The van der Waals surface area contributed by atoms with Gasteiger partial charge in [0.1, 0.15) is 16.8 Å². The molecule has 2 aromatic carbocycles. The zero-order chi connectivity index (χ0) is 15.1. The highest BCUT2D eigenvalue weighted by Crippen LogP contribution is 2.31. The van der Waals surface area contributed by atoms with Crippen molar-refractivity contribution in [2.45, 2.75) is 6.92 Å². The lowest BCUT2D eigenvalue weighted by Crippen LogP contribution is -1.98. The van der Waals surface area contributed by atoms with E-state index in [1.54, 1.807) is 6.07 Å². The molecule has 0 unspecified atom stereocenters. The summed E-state index contributed by atoms with van der Waals surface area (Å²) in [5, 5.41) is 0.783. The van der Waals surface area contributed by atoms with E-state index < -0.39 is 11.6 Å². The fourth-order valence-electron chi connectivity index (χ4n) is 2.15. The van der Waals surface area contributed by atoms with E-state index in [-0.39, 0.29) is 16.5 Å². The summed E-state index contributed by atoms with van der Waals surface area (Å²) in [7, 11) is 0. The van der Waals surface area contributed by atoms with E-state index in [1.165, 1.54) is 6.07 Å². The van der Waals surface area contributed by atoms with Crippen LogP contribution in [-0.4, -0.2) is 9.97 Å². The zero-order valence-electron chi connectivity index (χ0n) is 10.8. The van der Waals surface area contributed by atoms with E-state index in [0.29, 0.717) is 10.9 Å². The molecule has 0 aliphatic rings. The quantitative estimate of drug-likeness (QED) is 0.544. The topological polar surface area (TPSA) is 25.8 Å². The predicted octanol–water partition coefficient (Wildman–Crippen LogP) is 5.30. The first-order chi connectivity index (χ1) is 9.97. The van der Waals surface area contributed by atoms with E-state index in [4.69, 9.17) is 11.6 Å². The molecule has 0 aliphatic heterocycles. The number of fused-ring (bicyclic) bond motifs is 1. The summed E-state index contributed by atoms with van der Waals surface area (Å²) < 4.78 is 28.6. The molecule has 21 heavy (non-hydrogen) atoms. The molecule has 0 radical (unpaired) electrons. The van der Waals surface area contributed by atoms with Crippen molar-refractivity contribution in [3.63, 3.8) is 0 Å². The molecule has 0 amide bonds. The molecule has 3 rings (SSSR count). The number of hydrogen-bond acceptors (Lipinski definition) is 2. The van der Waals surface area contributed by atoms with E-state index in [0.717, 1.165) is 22.2 Å². The molecular weight excluding hydrogens is 362 g/mol. The van der Waals surface area contributed by atoms with Gasteiger partial charge in [0.15, 0.2) is 5.82 Å². The van der Waals surface area contributed by atoms with Gasteiger partial charge in [-0.3, -0.25) is 0 Å². The minimum atomic E-state index is -0.722. The average molecular weight is 370 g/mol. The van der Waals surface area contributed by atoms with Gasteiger partial charge in [0.2, 0.25) is 0 Å². The smallest absolute Gasteiger partial charge is 0.167 e. The van der Waals surface area contributed by atoms with Gasteiger partial charge in [0.25, 0.3) is 0 Å². The summed E-state index contributed by atoms with van der Waals surface area (Å²) in [4.78, 5) is 8.30. The lowest BCUT2D eigenvalue weighted by atomic mass is 10.1. The molecule has 0 N–H and O–H groups in total. The summed E-state index contributed by atoms with van der Waals surface area (Å²) in [6, 6.07) is 7.24. The highest BCUT2D eigenvalue weighted by atomic mass is 79.9. The predicted molar refractivity (Wildman–Crippen MR) is 82.3 cm³/mol. The molecule has 3 aromatic rings. The molecule has 0 aliphatic carbocycles. The van der Waals surface area contributed by atoms with Gasteiger partial charge in [-0.1, -0.05) is 33.6 Å². The van der Waals surface area contributed by atoms with Crippen LogP contribution in [-0.2, 0) is 0 Å². The van der Waals surface area contributed by atoms with Crippen LogP contribution in [0, 0.1) is 18.6 Å². The first-order valence-corrected chi connectivity index (χ1v) is 7.22. The van der Waals surface area contributed by atoms with Crippen LogP contribution >= 0.6 is 27.5 Å². The van der Waals surface area contributed by atoms with E-state index in [9.17, 15) is 8.78 Å². The average Bonchev–Trinajstić information content (AvgIpc) is 2.40. The number of nitrogens with zero attached hydrogens (tertiary/aromatic N) is 2. The molecule has 0 saturated carbocycles. The fourth-order valence-corrected chi connectivity index (χ4v) is 2.94. The maximum Gasteiger partial charge on any atom is 0.167 e. The summed E-state index contributed by atoms with van der Waals surface area (Å²) in [6.45, 7) is 1.85. The first kappa shape index (κ1) is 14.4. The van der Waals surface area contributed by atoms with Crippen LogP contribution in [0.25, 0.3) is 22.3 Å². The second kappa shape index (κ2) is 5.31. The normalized spacial score (nSPS) is 11.1. The van der Waals surface area contributed by atoms with Crippen LogP contribution in [0.15, 0.2) is 34.8 Å². The molecule has 6 heteroatoms. The number of aryl methyl sites for hydroxylation is 1. The van der Waals surface area contributed by atoms with Gasteiger partial charge in [-0.15, -0.1) is 0 Å². The molecule has 0 saturated heterocycles. The Labute approximate surface area is 132 Å². The maximum atomic E-state index is 13.9. The van der Waals surface area contributed by atoms with Crippen LogP contribution < -0.4 is 0 Å². The Balaban J connectivity index is 2.36. The minimum absolute atomic E-state index is 0.0616. The number of halogens is 4. The first-order valence-electron chi connectivity index (χ1n) is 6.05. The third-order valence-corrected chi connectivity index (χ3v) is 3.84. The second-order valence-electron chi connectivity index (χ2n) is 4.55. The summed E-state index contributed by atoms with van der Waals surface area (Å²) in [5.41, 5.74) is 1.13. The van der Waals surface area contributed by atoms with Crippen molar-refractivity contribution in [2.75, 3.05) is 0 Å². The largest absolute Gasteiger partial charge is 0.227 e. The van der Waals surface area contributed by atoms with Crippen LogP contribution in [0.3, 0.4) is 0 Å². The molecule has 0 atom stereocenters. The highest BCUT2D eigenvalue weighted by molar-refractivity contribution is 9.10. The molecule has 0 fully saturated rings. The van der Waals surface area contributed by atoms with Crippen molar-refractivity contribution >= 4 is 38.4 Å². The van der Waals surface area contributed by atoms with Crippen molar-refractivity contribution in [3.8, 4) is 11.4 Å². The number of hydrogen-bond donors (Lipinski definition) is 0. The Kier molecular flexibility index (Phi) is 3.63. The van der Waals surface area contributed by atoms with E-state index in [1.807, 2.05) is 13.0 Å². The third-order valence-electron chi connectivity index (χ3n) is 3.10. The van der Waals surface area contributed by atoms with Crippen molar-refractivity contribution in [2.24, 2.45) is 0 Å². The number of benzene rings is 2. The van der Waals surface area contributed by atoms with Gasteiger partial charge in [-0.2, -0.15) is 0 Å². The molecular formula is C15H8BrClF2N2. The lowest BCUT2D eigenvalue weighted by Gasteiger charge is -2.09. The van der Waals surface area contributed by atoms with Gasteiger partial charge in [-0.05, 0) is 36.8 Å². The van der Waals surface area contributed by atoms with Crippen LogP contribution in [0.2, 0.25) is 5.15 Å². The van der Waals surface area contributed by atoms with Crippen LogP contribution in [0.4, 0.5) is 8.78 Å². The van der Waals surface area contributed by atoms with Crippen LogP contribution in [0.5, 0.6) is 0 Å². The summed E-state index contributed by atoms with van der Waals surface area (Å²) in [5.74, 6) is -1.51.